The van der Waals surface area contributed by atoms with E-state index in [9.17, 15) is 0 Å². The van der Waals surface area contributed by atoms with Gasteiger partial charge in [-0.05, 0) is 44.1 Å². The Hall–Kier alpha value is -0.0800. The van der Waals surface area contributed by atoms with Crippen LogP contribution in [0.5, 0.6) is 0 Å². The lowest BCUT2D eigenvalue weighted by molar-refractivity contribution is 0.146. The molecule has 0 amide bonds. The highest BCUT2D eigenvalue weighted by Gasteiger charge is 2.37. The summed E-state index contributed by atoms with van der Waals surface area (Å²) in [5.41, 5.74) is 0.590. The maximum atomic E-state index is 3.57. The summed E-state index contributed by atoms with van der Waals surface area (Å²) in [5, 5.41) is 3.57. The molecule has 0 aromatic rings. The van der Waals surface area contributed by atoms with Crippen molar-refractivity contribution in [3.8, 4) is 0 Å². The predicted molar refractivity (Wildman–Crippen MR) is 69.6 cm³/mol. The van der Waals surface area contributed by atoms with Crippen LogP contribution in [-0.2, 0) is 0 Å². The van der Waals surface area contributed by atoms with Crippen LogP contribution in [0.1, 0.15) is 46.5 Å². The van der Waals surface area contributed by atoms with Gasteiger partial charge >= 0.3 is 0 Å². The van der Waals surface area contributed by atoms with Crippen LogP contribution >= 0.6 is 0 Å². The molecule has 3 unspecified atom stereocenters. The summed E-state index contributed by atoms with van der Waals surface area (Å²) in [4.78, 5) is 2.74. The highest BCUT2D eigenvalue weighted by molar-refractivity contribution is 4.93. The number of likely N-dealkylation sites (tertiary alicyclic amines) is 1. The second kappa shape index (κ2) is 5.05. The Morgan fingerprint density at radius 2 is 2.19 bits per heavy atom. The minimum absolute atomic E-state index is 0.590. The molecule has 0 radical (unpaired) electrons. The largest absolute Gasteiger partial charge is 0.316 e. The zero-order valence-corrected chi connectivity index (χ0v) is 11.3. The van der Waals surface area contributed by atoms with Crippen molar-refractivity contribution in [1.82, 2.24) is 10.2 Å². The molecule has 2 nitrogen and oxygen atoms in total. The van der Waals surface area contributed by atoms with Gasteiger partial charge in [-0.3, -0.25) is 4.90 Å². The smallest absolute Gasteiger partial charge is 0.00702 e. The summed E-state index contributed by atoms with van der Waals surface area (Å²) in [6, 6.07) is 0.810. The summed E-state index contributed by atoms with van der Waals surface area (Å²) in [6.45, 7) is 12.3. The molecule has 2 aliphatic heterocycles. The van der Waals surface area contributed by atoms with E-state index in [0.717, 1.165) is 12.0 Å². The van der Waals surface area contributed by atoms with Gasteiger partial charge in [0.2, 0.25) is 0 Å². The number of hydrogen-bond donors (Lipinski definition) is 1. The minimum atomic E-state index is 0.590. The Kier molecular flexibility index (Phi) is 3.91. The van der Waals surface area contributed by atoms with Crippen LogP contribution in [0.3, 0.4) is 0 Å². The first-order chi connectivity index (χ1) is 7.65. The van der Waals surface area contributed by atoms with E-state index in [4.69, 9.17) is 0 Å². The quantitative estimate of drug-likeness (QED) is 0.789. The molecule has 0 aromatic carbocycles. The second-order valence-electron chi connectivity index (χ2n) is 6.30. The van der Waals surface area contributed by atoms with Crippen molar-refractivity contribution in [3.63, 3.8) is 0 Å². The molecule has 2 heterocycles. The molecule has 2 fully saturated rings. The van der Waals surface area contributed by atoms with Crippen molar-refractivity contribution in [1.29, 1.82) is 0 Å². The molecule has 0 aromatic heterocycles. The van der Waals surface area contributed by atoms with Crippen molar-refractivity contribution in [3.05, 3.63) is 0 Å². The number of nitrogens with one attached hydrogen (secondary N) is 1. The highest BCUT2D eigenvalue weighted by Crippen LogP contribution is 2.35. The summed E-state index contributed by atoms with van der Waals surface area (Å²) in [5.74, 6) is 0.906. The van der Waals surface area contributed by atoms with E-state index in [2.05, 4.69) is 31.0 Å². The molecule has 0 saturated carbocycles. The lowest BCUT2D eigenvalue weighted by Gasteiger charge is -2.35. The Balaban J connectivity index is 1.95. The Morgan fingerprint density at radius 1 is 1.38 bits per heavy atom. The average molecular weight is 224 g/mol. The van der Waals surface area contributed by atoms with Gasteiger partial charge in [0.05, 0.1) is 0 Å². The van der Waals surface area contributed by atoms with E-state index >= 15 is 0 Å². The van der Waals surface area contributed by atoms with E-state index in [0.29, 0.717) is 5.41 Å². The van der Waals surface area contributed by atoms with E-state index in [-0.39, 0.29) is 0 Å². The predicted octanol–water partition coefficient (Wildman–Crippen LogP) is 2.50. The average Bonchev–Trinajstić information content (AvgIpc) is 2.77. The van der Waals surface area contributed by atoms with Gasteiger partial charge in [-0.25, -0.2) is 0 Å². The maximum absolute atomic E-state index is 3.57. The zero-order valence-electron chi connectivity index (χ0n) is 11.3. The molecule has 94 valence electrons. The van der Waals surface area contributed by atoms with E-state index < -0.39 is 0 Å². The topological polar surface area (TPSA) is 15.3 Å². The molecule has 2 saturated heterocycles. The van der Waals surface area contributed by atoms with Crippen molar-refractivity contribution in [2.24, 2.45) is 11.3 Å². The molecular formula is C14H28N2. The fourth-order valence-electron chi connectivity index (χ4n) is 3.79. The molecule has 2 aliphatic rings. The molecule has 2 heteroatoms. The zero-order chi connectivity index (χ0) is 11.6. The third-order valence-corrected chi connectivity index (χ3v) is 4.56. The molecule has 0 aliphatic carbocycles. The van der Waals surface area contributed by atoms with Gasteiger partial charge < -0.3 is 5.32 Å². The van der Waals surface area contributed by atoms with Crippen LogP contribution in [0, 0.1) is 11.3 Å². The van der Waals surface area contributed by atoms with Gasteiger partial charge in [0.1, 0.15) is 0 Å². The fourth-order valence-corrected chi connectivity index (χ4v) is 3.79. The summed E-state index contributed by atoms with van der Waals surface area (Å²) >= 11 is 0. The van der Waals surface area contributed by atoms with Gasteiger partial charge in [0.25, 0.3) is 0 Å². The van der Waals surface area contributed by atoms with Crippen molar-refractivity contribution in [2.45, 2.75) is 52.5 Å². The lowest BCUT2D eigenvalue weighted by atomic mass is 9.82. The van der Waals surface area contributed by atoms with Crippen LogP contribution in [0.4, 0.5) is 0 Å². The first-order valence-electron chi connectivity index (χ1n) is 7.10. The lowest BCUT2D eigenvalue weighted by Crippen LogP contribution is -2.41. The van der Waals surface area contributed by atoms with Crippen molar-refractivity contribution >= 4 is 0 Å². The van der Waals surface area contributed by atoms with E-state index in [1.165, 1.54) is 51.9 Å². The highest BCUT2D eigenvalue weighted by atomic mass is 15.2. The molecule has 3 atom stereocenters. The summed E-state index contributed by atoms with van der Waals surface area (Å²) in [7, 11) is 0. The molecule has 0 bridgehead atoms. The van der Waals surface area contributed by atoms with Gasteiger partial charge in [-0.1, -0.05) is 20.3 Å². The van der Waals surface area contributed by atoms with E-state index in [1.807, 2.05) is 0 Å². The van der Waals surface area contributed by atoms with Crippen LogP contribution < -0.4 is 5.32 Å². The Labute approximate surface area is 101 Å². The third-order valence-electron chi connectivity index (χ3n) is 4.56. The second-order valence-corrected chi connectivity index (χ2v) is 6.30. The summed E-state index contributed by atoms with van der Waals surface area (Å²) in [6.07, 6.45) is 5.52. The van der Waals surface area contributed by atoms with Gasteiger partial charge in [0, 0.05) is 25.7 Å². The number of hydrogen-bond acceptors (Lipinski definition) is 2. The fraction of sp³-hybridized carbons (Fsp3) is 1.00. The molecular weight excluding hydrogens is 196 g/mol. The van der Waals surface area contributed by atoms with Gasteiger partial charge in [0.15, 0.2) is 0 Å². The number of nitrogens with zero attached hydrogens (tertiary/aromatic N) is 1. The van der Waals surface area contributed by atoms with Crippen LogP contribution in [0.15, 0.2) is 0 Å². The van der Waals surface area contributed by atoms with E-state index in [1.54, 1.807) is 0 Å². The normalized spacial score (nSPS) is 40.7. The first kappa shape index (κ1) is 12.4. The first-order valence-corrected chi connectivity index (χ1v) is 7.10. The Bertz CT molecular complexity index is 221. The van der Waals surface area contributed by atoms with Gasteiger partial charge in [-0.2, -0.15) is 0 Å². The minimum Gasteiger partial charge on any atom is -0.316 e. The summed E-state index contributed by atoms with van der Waals surface area (Å²) < 4.78 is 0. The SMILES string of the molecule is CCCC1(CN2CC(C)CC2C)CCNC1. The molecule has 2 rings (SSSR count). The van der Waals surface area contributed by atoms with Crippen LogP contribution in [-0.4, -0.2) is 37.1 Å². The van der Waals surface area contributed by atoms with Crippen molar-refractivity contribution in [2.75, 3.05) is 26.2 Å². The van der Waals surface area contributed by atoms with Gasteiger partial charge in [-0.15, -0.1) is 0 Å². The third kappa shape index (κ3) is 2.60. The van der Waals surface area contributed by atoms with Crippen molar-refractivity contribution < 1.29 is 0 Å². The maximum Gasteiger partial charge on any atom is 0.00702 e. The monoisotopic (exact) mass is 224 g/mol. The Morgan fingerprint density at radius 3 is 2.69 bits per heavy atom. The molecule has 16 heavy (non-hydrogen) atoms. The van der Waals surface area contributed by atoms with Crippen LogP contribution in [0.2, 0.25) is 0 Å². The standard InChI is InChI=1S/C14H28N2/c1-4-5-14(6-7-15-10-14)11-16-9-12(2)8-13(16)3/h12-13,15H,4-11H2,1-3H3. The molecule has 0 spiro atoms. The molecule has 1 N–H and O–H groups in total. The number of rotatable bonds is 4. The van der Waals surface area contributed by atoms with Crippen LogP contribution in [0.25, 0.3) is 0 Å².